The monoisotopic (exact) mass is 616 g/mol. The van der Waals surface area contributed by atoms with Crippen LogP contribution in [0.25, 0.3) is 0 Å². The predicted octanol–water partition coefficient (Wildman–Crippen LogP) is 4.02. The lowest BCUT2D eigenvalue weighted by molar-refractivity contribution is -0.142. The Hall–Kier alpha value is -2.92. The van der Waals surface area contributed by atoms with Crippen molar-refractivity contribution in [2.75, 3.05) is 59.7 Å². The molecule has 2 saturated heterocycles. The lowest BCUT2D eigenvalue weighted by Gasteiger charge is -2.44. The summed E-state index contributed by atoms with van der Waals surface area (Å²) < 4.78 is 18.4. The highest BCUT2D eigenvalue weighted by Gasteiger charge is 2.42. The first-order valence-corrected chi connectivity index (χ1v) is 16.3. The summed E-state index contributed by atoms with van der Waals surface area (Å²) >= 11 is 0. The number of methoxy groups -OCH3 is 1. The minimum Gasteiger partial charge on any atom is -0.444 e. The maximum Gasteiger partial charge on any atom is 0.410 e. The van der Waals surface area contributed by atoms with Crippen LogP contribution in [0.5, 0.6) is 0 Å². The number of carbonyl (C=O) groups is 4. The number of fused-ring (bicyclic) bond motifs is 1. The van der Waals surface area contributed by atoms with E-state index in [0.29, 0.717) is 70.2 Å². The number of hydrogen-bond donors (Lipinski definition) is 0. The van der Waals surface area contributed by atoms with Crippen LogP contribution < -0.4 is 0 Å². The van der Waals surface area contributed by atoms with Crippen molar-refractivity contribution in [1.29, 1.82) is 0 Å². The molecule has 0 saturated carbocycles. The van der Waals surface area contributed by atoms with Crippen LogP contribution in [-0.4, -0.2) is 114 Å². The van der Waals surface area contributed by atoms with Gasteiger partial charge in [-0.15, -0.1) is 0 Å². The number of morpholine rings is 1. The van der Waals surface area contributed by atoms with Gasteiger partial charge >= 0.3 is 6.09 Å². The molecule has 0 aromatic carbocycles. The minimum atomic E-state index is -0.698. The molecule has 1 aromatic rings. The third kappa shape index (κ3) is 8.41. The van der Waals surface area contributed by atoms with Gasteiger partial charge in [-0.3, -0.25) is 14.4 Å². The fraction of sp³-hybridized carbons (Fsp3) is 0.758. The van der Waals surface area contributed by atoms with Crippen molar-refractivity contribution in [2.45, 2.75) is 91.3 Å². The second kappa shape index (κ2) is 14.9. The Morgan fingerprint density at radius 1 is 1.07 bits per heavy atom. The van der Waals surface area contributed by atoms with E-state index >= 15 is 0 Å². The van der Waals surface area contributed by atoms with E-state index in [-0.39, 0.29) is 36.6 Å². The third-order valence-electron chi connectivity index (χ3n) is 8.50. The Morgan fingerprint density at radius 2 is 1.80 bits per heavy atom. The zero-order chi connectivity index (χ0) is 32.0. The summed E-state index contributed by atoms with van der Waals surface area (Å²) in [5.41, 5.74) is 1.39. The van der Waals surface area contributed by atoms with Gasteiger partial charge < -0.3 is 33.5 Å². The maximum atomic E-state index is 14.6. The van der Waals surface area contributed by atoms with Gasteiger partial charge in [0.25, 0.3) is 5.91 Å². The molecule has 11 nitrogen and oxygen atoms in total. The number of aromatic nitrogens is 1. The molecule has 44 heavy (non-hydrogen) atoms. The fourth-order valence-corrected chi connectivity index (χ4v) is 6.54. The molecule has 2 aliphatic heterocycles. The Kier molecular flexibility index (Phi) is 11.5. The number of rotatable bonds is 10. The number of nitrogens with zero attached hydrogens (tertiary/aromatic N) is 4. The number of piperidine rings is 1. The molecule has 3 amide bonds. The molecular formula is C33H52N4O7. The van der Waals surface area contributed by atoms with Crippen LogP contribution in [0.15, 0.2) is 6.07 Å². The van der Waals surface area contributed by atoms with Crippen molar-refractivity contribution in [3.63, 3.8) is 0 Å². The van der Waals surface area contributed by atoms with Gasteiger partial charge in [0.15, 0.2) is 5.78 Å². The number of aryl methyl sites for hydroxylation is 1. The van der Waals surface area contributed by atoms with Crippen molar-refractivity contribution >= 4 is 23.7 Å². The highest BCUT2D eigenvalue weighted by atomic mass is 16.6. The summed E-state index contributed by atoms with van der Waals surface area (Å²) in [5, 5.41) is 0. The Morgan fingerprint density at radius 3 is 2.45 bits per heavy atom. The van der Waals surface area contributed by atoms with Gasteiger partial charge in [-0.1, -0.05) is 13.8 Å². The Labute approximate surface area is 262 Å². The number of hydrogen-bond acceptors (Lipinski definition) is 7. The summed E-state index contributed by atoms with van der Waals surface area (Å²) in [7, 11) is 1.67. The molecule has 0 radical (unpaired) electrons. The zero-order valence-electron chi connectivity index (χ0n) is 27.6. The smallest absolute Gasteiger partial charge is 0.410 e. The first-order chi connectivity index (χ1) is 20.9. The van der Waals surface area contributed by atoms with E-state index < -0.39 is 23.7 Å². The van der Waals surface area contributed by atoms with Crippen molar-refractivity contribution < 1.29 is 33.4 Å². The van der Waals surface area contributed by atoms with Gasteiger partial charge in [0, 0.05) is 59.4 Å². The van der Waals surface area contributed by atoms with Crippen molar-refractivity contribution in [3.8, 4) is 0 Å². The van der Waals surface area contributed by atoms with Gasteiger partial charge in [0.05, 0.1) is 30.9 Å². The van der Waals surface area contributed by atoms with Gasteiger partial charge in [-0.05, 0) is 70.4 Å². The SMILES string of the molecule is COCCCCn1c(C(=O)N(CC(C)C)[C@H]2C[C@@H](C(=O)N3CCOCC3)CN(C(=O)OC(C)(C)C)C2)cc2c1C(=O)CCC2. The van der Waals surface area contributed by atoms with Gasteiger partial charge in [-0.25, -0.2) is 4.79 Å². The van der Waals surface area contributed by atoms with Gasteiger partial charge in [0.1, 0.15) is 11.3 Å². The molecule has 1 aromatic heterocycles. The number of ketones is 1. The molecule has 3 aliphatic rings. The van der Waals surface area contributed by atoms with Gasteiger partial charge in [0.2, 0.25) is 5.91 Å². The highest BCUT2D eigenvalue weighted by Crippen LogP contribution is 2.30. The molecule has 3 heterocycles. The van der Waals surface area contributed by atoms with E-state index in [1.807, 2.05) is 41.2 Å². The normalized spacial score (nSPS) is 20.9. The van der Waals surface area contributed by atoms with Crippen molar-refractivity contribution in [2.24, 2.45) is 11.8 Å². The first kappa shape index (κ1) is 34.0. The molecule has 0 spiro atoms. The topological polar surface area (TPSA) is 111 Å². The van der Waals surface area contributed by atoms with E-state index in [9.17, 15) is 19.2 Å². The third-order valence-corrected chi connectivity index (χ3v) is 8.50. The molecule has 0 N–H and O–H groups in total. The summed E-state index contributed by atoms with van der Waals surface area (Å²) in [6.45, 7) is 13.7. The standard InChI is InChI=1S/C33H52N4O7/c1-23(2)20-37(31(40)27-19-24-10-9-11-28(38)29(24)36(27)12-7-8-15-42-6)26-18-25(30(39)34-13-16-43-17-14-34)21-35(22-26)32(41)44-33(3,4)5/h19,23,25-26H,7-18,20-22H2,1-6H3/t25-,26+/m1/s1. The highest BCUT2D eigenvalue weighted by molar-refractivity contribution is 6.01. The Balaban J connectivity index is 1.68. The van der Waals surface area contributed by atoms with Crippen LogP contribution in [0.4, 0.5) is 4.79 Å². The summed E-state index contributed by atoms with van der Waals surface area (Å²) in [6.07, 6.45) is 3.59. The molecular weight excluding hydrogens is 564 g/mol. The number of ether oxygens (including phenoxy) is 3. The lowest BCUT2D eigenvalue weighted by Crippen LogP contribution is -2.58. The van der Waals surface area contributed by atoms with E-state index in [4.69, 9.17) is 14.2 Å². The predicted molar refractivity (Wildman–Crippen MR) is 166 cm³/mol. The molecule has 0 bridgehead atoms. The second-order valence-electron chi connectivity index (χ2n) is 13.8. The van der Waals surface area contributed by atoms with Crippen molar-refractivity contribution in [3.05, 3.63) is 23.0 Å². The van der Waals surface area contributed by atoms with Crippen LogP contribution in [-0.2, 0) is 32.0 Å². The maximum absolute atomic E-state index is 14.6. The average molecular weight is 617 g/mol. The van der Waals surface area contributed by atoms with Crippen LogP contribution >= 0.6 is 0 Å². The molecule has 0 unspecified atom stereocenters. The summed E-state index contributed by atoms with van der Waals surface area (Å²) in [5.74, 6) is -0.437. The van der Waals surface area contributed by atoms with E-state index in [0.717, 1.165) is 31.2 Å². The molecule has 11 heteroatoms. The molecule has 1 aliphatic carbocycles. The minimum absolute atomic E-state index is 0.0221. The fourth-order valence-electron chi connectivity index (χ4n) is 6.54. The van der Waals surface area contributed by atoms with Crippen LogP contribution in [0.3, 0.4) is 0 Å². The van der Waals surface area contributed by atoms with Gasteiger partial charge in [-0.2, -0.15) is 0 Å². The van der Waals surface area contributed by atoms with E-state index in [1.165, 1.54) is 0 Å². The molecule has 246 valence electrons. The second-order valence-corrected chi connectivity index (χ2v) is 13.8. The van der Waals surface area contributed by atoms with Crippen LogP contribution in [0.2, 0.25) is 0 Å². The number of Topliss-reactive ketones (excluding diaryl/α,β-unsaturated/α-hetero) is 1. The molecule has 2 fully saturated rings. The number of amides is 3. The first-order valence-electron chi connectivity index (χ1n) is 16.3. The average Bonchev–Trinajstić information content (AvgIpc) is 3.36. The molecule has 4 rings (SSSR count). The van der Waals surface area contributed by atoms with E-state index in [1.54, 1.807) is 12.0 Å². The number of unbranched alkanes of at least 4 members (excludes halogenated alkanes) is 1. The lowest BCUT2D eigenvalue weighted by atomic mass is 9.91. The van der Waals surface area contributed by atoms with Crippen LogP contribution in [0, 0.1) is 11.8 Å². The largest absolute Gasteiger partial charge is 0.444 e. The molecule has 2 atom stereocenters. The summed E-state index contributed by atoms with van der Waals surface area (Å²) in [4.78, 5) is 60.1. The number of likely N-dealkylation sites (tertiary alicyclic amines) is 1. The van der Waals surface area contributed by atoms with Crippen LogP contribution in [0.1, 0.15) is 93.3 Å². The van der Waals surface area contributed by atoms with E-state index in [2.05, 4.69) is 13.8 Å². The quantitative estimate of drug-likeness (QED) is 0.365. The number of carbonyl (C=O) groups excluding carboxylic acids is 4. The van der Waals surface area contributed by atoms with Crippen molar-refractivity contribution in [1.82, 2.24) is 19.3 Å². The Bertz CT molecular complexity index is 1180. The zero-order valence-corrected chi connectivity index (χ0v) is 27.6. The summed E-state index contributed by atoms with van der Waals surface area (Å²) in [6, 6.07) is 1.51.